The molecule has 0 aliphatic carbocycles. The molecule has 1 rings (SSSR count). The van der Waals surface area contributed by atoms with Crippen LogP contribution in [0.5, 0.6) is 0 Å². The average molecular weight is 192 g/mol. The molecule has 11 heavy (non-hydrogen) atoms. The molecule has 0 atom stereocenters. The minimum atomic E-state index is -0.539. The Hall–Kier alpha value is -0.466. The smallest absolute Gasteiger partial charge is 0.101 e. The maximum atomic E-state index is 12.6. The third kappa shape index (κ3) is 2.56. The second kappa shape index (κ2) is 4.42. The summed E-state index contributed by atoms with van der Waals surface area (Å²) in [6.07, 6.45) is 1.59. The molecule has 1 aromatic rings. The van der Waals surface area contributed by atoms with Crippen LogP contribution in [0.2, 0.25) is 0 Å². The van der Waals surface area contributed by atoms with Gasteiger partial charge < -0.3 is 0 Å². The Morgan fingerprint density at radius 2 is 1.91 bits per heavy atom. The molecule has 0 aliphatic rings. The largest absolute Gasteiger partial charge is 0.284 e. The molecule has 0 saturated heterocycles. The fourth-order valence-electron chi connectivity index (χ4n) is 0.736. The third-order valence-electron chi connectivity index (χ3n) is 1.27. The summed E-state index contributed by atoms with van der Waals surface area (Å²) in [6.45, 7) is 1.70. The molecule has 0 unspecified atom stereocenters. The van der Waals surface area contributed by atoms with Gasteiger partial charge in [0.15, 0.2) is 0 Å². The second-order valence-electron chi connectivity index (χ2n) is 1.95. The van der Waals surface area contributed by atoms with E-state index in [9.17, 15) is 8.78 Å². The zero-order chi connectivity index (χ0) is 7.56. The van der Waals surface area contributed by atoms with Crippen LogP contribution >= 0.6 is 0 Å². The Balaban J connectivity index is 0.000001000. The van der Waals surface area contributed by atoms with Crippen LogP contribution in [0, 0.1) is 18.1 Å². The summed E-state index contributed by atoms with van der Waals surface area (Å²) in [6, 6.07) is 3.51. The molecule has 0 saturated carbocycles. The fraction of sp³-hybridized carbons (Fsp3) is 0.125. The Labute approximate surface area is 76.5 Å². The first kappa shape index (κ1) is 10.5. The molecule has 0 heterocycles. The molecule has 0 N–H and O–H groups in total. The van der Waals surface area contributed by atoms with E-state index >= 15 is 0 Å². The number of benzene rings is 1. The van der Waals surface area contributed by atoms with Crippen molar-refractivity contribution in [2.45, 2.75) is 6.92 Å². The normalized spacial score (nSPS) is 8.64. The summed E-state index contributed by atoms with van der Waals surface area (Å²) < 4.78 is 24.8. The summed E-state index contributed by atoms with van der Waals surface area (Å²) in [4.78, 5) is 0. The van der Waals surface area contributed by atoms with Gasteiger partial charge in [0.25, 0.3) is 0 Å². The van der Waals surface area contributed by atoms with Crippen molar-refractivity contribution < 1.29 is 27.3 Å². The van der Waals surface area contributed by atoms with E-state index in [-0.39, 0.29) is 18.6 Å². The van der Waals surface area contributed by atoms with Crippen molar-refractivity contribution in [3.63, 3.8) is 0 Å². The maximum absolute atomic E-state index is 12.6. The first-order chi connectivity index (χ1) is 4.74. The van der Waals surface area contributed by atoms with Gasteiger partial charge in [-0.05, 0) is 6.07 Å². The number of hydrogen-bond acceptors (Lipinski definition) is 0. The SMILES string of the molecule is C[CH-]c1ccc(F)cc1F.[V]. The van der Waals surface area contributed by atoms with Crippen LogP contribution in [0.3, 0.4) is 0 Å². The average Bonchev–Trinajstić information content (AvgIpc) is 1.88. The molecular weight excluding hydrogens is 185 g/mol. The van der Waals surface area contributed by atoms with Gasteiger partial charge in [-0.3, -0.25) is 4.39 Å². The van der Waals surface area contributed by atoms with Crippen LogP contribution in [0.15, 0.2) is 18.2 Å². The van der Waals surface area contributed by atoms with E-state index in [1.54, 1.807) is 13.3 Å². The van der Waals surface area contributed by atoms with Crippen molar-refractivity contribution in [3.05, 3.63) is 41.8 Å². The summed E-state index contributed by atoms with van der Waals surface area (Å²) in [5.41, 5.74) is 0.432. The van der Waals surface area contributed by atoms with Crippen molar-refractivity contribution >= 4 is 0 Å². The predicted molar refractivity (Wildman–Crippen MR) is 35.4 cm³/mol. The molecule has 0 bridgehead atoms. The summed E-state index contributed by atoms with van der Waals surface area (Å²) in [7, 11) is 0. The Bertz CT molecular complexity index is 236. The molecule has 1 radical (unpaired) electrons. The van der Waals surface area contributed by atoms with E-state index in [1.165, 1.54) is 12.1 Å². The molecule has 0 aliphatic heterocycles. The van der Waals surface area contributed by atoms with E-state index < -0.39 is 11.6 Å². The fourth-order valence-corrected chi connectivity index (χ4v) is 0.736. The monoisotopic (exact) mass is 192 g/mol. The minimum Gasteiger partial charge on any atom is -0.284 e. The topological polar surface area (TPSA) is 0 Å². The van der Waals surface area contributed by atoms with Crippen LogP contribution in [0.25, 0.3) is 0 Å². The first-order valence-corrected chi connectivity index (χ1v) is 2.98. The number of halogens is 2. The van der Waals surface area contributed by atoms with Crippen molar-refractivity contribution in [2.75, 3.05) is 0 Å². The first-order valence-electron chi connectivity index (χ1n) is 2.98. The molecule has 3 heteroatoms. The summed E-state index contributed by atoms with van der Waals surface area (Å²) >= 11 is 0. The van der Waals surface area contributed by atoms with Gasteiger partial charge in [-0.15, -0.1) is 0 Å². The van der Waals surface area contributed by atoms with Crippen molar-refractivity contribution in [2.24, 2.45) is 0 Å². The zero-order valence-electron chi connectivity index (χ0n) is 6.01. The zero-order valence-corrected chi connectivity index (χ0v) is 7.41. The van der Waals surface area contributed by atoms with E-state index in [4.69, 9.17) is 0 Å². The number of hydrogen-bond donors (Lipinski definition) is 0. The molecule has 59 valence electrons. The van der Waals surface area contributed by atoms with Crippen molar-refractivity contribution in [1.82, 2.24) is 0 Å². The van der Waals surface area contributed by atoms with Crippen LogP contribution < -0.4 is 0 Å². The third-order valence-corrected chi connectivity index (χ3v) is 1.27. The van der Waals surface area contributed by atoms with E-state index in [1.807, 2.05) is 0 Å². The van der Waals surface area contributed by atoms with Gasteiger partial charge in [-0.2, -0.15) is 18.1 Å². The van der Waals surface area contributed by atoms with Crippen molar-refractivity contribution in [1.29, 1.82) is 0 Å². The molecule has 1 aromatic carbocycles. The quantitative estimate of drug-likeness (QED) is 0.599. The van der Waals surface area contributed by atoms with E-state index in [2.05, 4.69) is 0 Å². The molecule has 0 amide bonds. The summed E-state index contributed by atoms with van der Waals surface area (Å²) in [5.74, 6) is -1.05. The van der Waals surface area contributed by atoms with E-state index in [0.29, 0.717) is 5.56 Å². The van der Waals surface area contributed by atoms with Gasteiger partial charge in [0, 0.05) is 24.4 Å². The predicted octanol–water partition coefficient (Wildman–Crippen LogP) is 2.53. The van der Waals surface area contributed by atoms with Gasteiger partial charge >= 0.3 is 0 Å². The van der Waals surface area contributed by atoms with Gasteiger partial charge in [0.05, 0.1) is 0 Å². The summed E-state index contributed by atoms with van der Waals surface area (Å²) in [5, 5.41) is 0. The maximum Gasteiger partial charge on any atom is 0.101 e. The van der Waals surface area contributed by atoms with Gasteiger partial charge in [-0.25, -0.2) is 4.39 Å². The van der Waals surface area contributed by atoms with Crippen molar-refractivity contribution in [3.8, 4) is 0 Å². The van der Waals surface area contributed by atoms with Gasteiger partial charge in [0.2, 0.25) is 0 Å². The standard InChI is InChI=1S/C8H7F2.V/c1-2-6-3-4-7(9)5-8(6)10;/h2-5H,1H3;/q-1;. The molecule has 0 aromatic heterocycles. The molecular formula is C8H7F2V-. The van der Waals surface area contributed by atoms with Gasteiger partial charge in [0.1, 0.15) is 5.82 Å². The van der Waals surface area contributed by atoms with Crippen LogP contribution in [0.1, 0.15) is 12.5 Å². The Morgan fingerprint density at radius 1 is 1.27 bits per heavy atom. The number of rotatable bonds is 1. The van der Waals surface area contributed by atoms with Gasteiger partial charge in [-0.1, -0.05) is 13.0 Å². The Morgan fingerprint density at radius 3 is 2.36 bits per heavy atom. The molecule has 0 spiro atoms. The molecule has 0 nitrogen and oxygen atoms in total. The Kier molecular flexibility index (Phi) is 4.23. The van der Waals surface area contributed by atoms with E-state index in [0.717, 1.165) is 6.07 Å². The molecule has 0 fully saturated rings. The minimum absolute atomic E-state index is 0. The van der Waals surface area contributed by atoms with Crippen LogP contribution in [-0.2, 0) is 18.6 Å². The van der Waals surface area contributed by atoms with Crippen LogP contribution in [0.4, 0.5) is 8.78 Å². The van der Waals surface area contributed by atoms with Crippen LogP contribution in [-0.4, -0.2) is 0 Å². The second-order valence-corrected chi connectivity index (χ2v) is 1.95.